The van der Waals surface area contributed by atoms with Crippen LogP contribution in [0.5, 0.6) is 0 Å². The molecular weight excluding hydrogens is 416 g/mol. The van der Waals surface area contributed by atoms with Gasteiger partial charge in [0, 0.05) is 12.7 Å². The number of esters is 1. The lowest BCUT2D eigenvalue weighted by atomic mass is 9.93. The zero-order valence-electron chi connectivity index (χ0n) is 17.5. The number of ether oxygens (including phenoxy) is 1. The van der Waals surface area contributed by atoms with Crippen LogP contribution in [0.4, 0.5) is 5.82 Å². The molecule has 10 heteroatoms. The van der Waals surface area contributed by atoms with E-state index >= 15 is 0 Å². The quantitative estimate of drug-likeness (QED) is 0.530. The maximum Gasteiger partial charge on any atom is 0.311 e. The standard InChI is InChI=1S/C21H22N4O4.CH2O2/c1-29-21(28)16-9-15-11-24(20(27)14-7-8-17(22)23-10-14)12-18(26)25(15)19(16)13-5-3-2-4-6-13;2-1-3/h2-8,10,15-16,19H,9,11-12H2,1H3,(H2,22,23);1H,(H,2,3)/t15-,16-,19-;/m0./s1. The predicted molar refractivity (Wildman–Crippen MR) is 113 cm³/mol. The number of anilines is 1. The summed E-state index contributed by atoms with van der Waals surface area (Å²) >= 11 is 0. The van der Waals surface area contributed by atoms with Crippen LogP contribution in [0.1, 0.15) is 28.4 Å². The van der Waals surface area contributed by atoms with Crippen LogP contribution in [0.15, 0.2) is 48.7 Å². The number of hydrogen-bond donors (Lipinski definition) is 2. The zero-order chi connectivity index (χ0) is 23.3. The van der Waals surface area contributed by atoms with E-state index in [-0.39, 0.29) is 36.8 Å². The molecule has 0 bridgehead atoms. The molecule has 0 spiro atoms. The number of carbonyl (C=O) groups is 4. The van der Waals surface area contributed by atoms with Crippen molar-refractivity contribution in [1.29, 1.82) is 0 Å². The molecule has 4 rings (SSSR count). The lowest BCUT2D eigenvalue weighted by Gasteiger charge is -2.40. The molecule has 1 aromatic heterocycles. The lowest BCUT2D eigenvalue weighted by Crippen LogP contribution is -2.55. The van der Waals surface area contributed by atoms with Crippen molar-refractivity contribution in [3.8, 4) is 0 Å². The molecule has 2 saturated heterocycles. The highest BCUT2D eigenvalue weighted by atomic mass is 16.5. The molecule has 10 nitrogen and oxygen atoms in total. The third-order valence-corrected chi connectivity index (χ3v) is 5.61. The minimum atomic E-state index is -0.468. The molecule has 3 atom stereocenters. The Bertz CT molecular complexity index is 982. The molecule has 2 aliphatic heterocycles. The molecule has 2 fully saturated rings. The smallest absolute Gasteiger partial charge is 0.311 e. The molecule has 32 heavy (non-hydrogen) atoms. The van der Waals surface area contributed by atoms with E-state index in [2.05, 4.69) is 4.98 Å². The fourth-order valence-electron chi connectivity index (χ4n) is 4.33. The number of carbonyl (C=O) groups excluding carboxylic acids is 3. The van der Waals surface area contributed by atoms with E-state index < -0.39 is 12.0 Å². The minimum Gasteiger partial charge on any atom is -0.483 e. The summed E-state index contributed by atoms with van der Waals surface area (Å²) in [5.74, 6) is -0.947. The highest BCUT2D eigenvalue weighted by molar-refractivity contribution is 5.97. The molecular formula is C22H24N4O6. The molecule has 1 aromatic carbocycles. The Kier molecular flexibility index (Phi) is 7.04. The Morgan fingerprint density at radius 1 is 1.22 bits per heavy atom. The Balaban J connectivity index is 0.000000913. The van der Waals surface area contributed by atoms with E-state index in [1.165, 1.54) is 18.2 Å². The third-order valence-electron chi connectivity index (χ3n) is 5.61. The Morgan fingerprint density at radius 3 is 2.50 bits per heavy atom. The number of benzene rings is 1. The highest BCUT2D eigenvalue weighted by Gasteiger charge is 2.51. The van der Waals surface area contributed by atoms with Crippen LogP contribution in [0.2, 0.25) is 0 Å². The Labute approximate surface area is 184 Å². The Morgan fingerprint density at radius 2 is 1.91 bits per heavy atom. The number of amides is 2. The van der Waals surface area contributed by atoms with Gasteiger partial charge < -0.3 is 25.4 Å². The maximum absolute atomic E-state index is 13.1. The number of piperazine rings is 1. The fourth-order valence-corrected chi connectivity index (χ4v) is 4.33. The van der Waals surface area contributed by atoms with E-state index in [4.69, 9.17) is 20.4 Å². The van der Waals surface area contributed by atoms with Crippen molar-refractivity contribution in [2.45, 2.75) is 18.5 Å². The molecule has 0 radical (unpaired) electrons. The first kappa shape index (κ1) is 22.7. The molecule has 3 heterocycles. The number of carboxylic acid groups (broad SMARTS) is 1. The molecule has 168 valence electrons. The SMILES string of the molecule is COC(=O)[C@H]1C[C@H]2CN(C(=O)c3ccc(N)nc3)CC(=O)N2[C@H]1c1ccccc1.O=CO. The zero-order valence-corrected chi connectivity index (χ0v) is 17.5. The van der Waals surface area contributed by atoms with Gasteiger partial charge in [0.15, 0.2) is 0 Å². The number of nitrogens with zero attached hydrogens (tertiary/aromatic N) is 3. The third kappa shape index (κ3) is 4.53. The number of methoxy groups -OCH3 is 1. The van der Waals surface area contributed by atoms with Gasteiger partial charge in [-0.15, -0.1) is 0 Å². The van der Waals surface area contributed by atoms with Crippen LogP contribution in [0.3, 0.4) is 0 Å². The molecule has 3 N–H and O–H groups in total. The first-order valence-corrected chi connectivity index (χ1v) is 9.93. The number of aromatic nitrogens is 1. The molecule has 2 aliphatic rings. The Hall–Kier alpha value is -3.95. The van der Waals surface area contributed by atoms with Crippen LogP contribution in [-0.4, -0.2) is 70.4 Å². The van der Waals surface area contributed by atoms with Gasteiger partial charge in [-0.1, -0.05) is 30.3 Å². The largest absolute Gasteiger partial charge is 0.483 e. The van der Waals surface area contributed by atoms with Crippen molar-refractivity contribution in [2.75, 3.05) is 25.9 Å². The van der Waals surface area contributed by atoms with Crippen molar-refractivity contribution in [1.82, 2.24) is 14.8 Å². The van der Waals surface area contributed by atoms with Crippen LogP contribution >= 0.6 is 0 Å². The van der Waals surface area contributed by atoms with E-state index in [0.717, 1.165) is 5.56 Å². The summed E-state index contributed by atoms with van der Waals surface area (Å²) in [6.45, 7) is 0.0582. The van der Waals surface area contributed by atoms with E-state index in [0.29, 0.717) is 24.3 Å². The summed E-state index contributed by atoms with van der Waals surface area (Å²) in [4.78, 5) is 53.9. The summed E-state index contributed by atoms with van der Waals surface area (Å²) in [5, 5.41) is 6.89. The molecule has 0 unspecified atom stereocenters. The topological polar surface area (TPSA) is 143 Å². The van der Waals surface area contributed by atoms with Crippen LogP contribution in [-0.2, 0) is 19.1 Å². The van der Waals surface area contributed by atoms with Crippen molar-refractivity contribution >= 4 is 30.1 Å². The molecule has 2 amide bonds. The van der Waals surface area contributed by atoms with Gasteiger partial charge in [0.25, 0.3) is 12.4 Å². The number of fused-ring (bicyclic) bond motifs is 1. The number of nitrogen functional groups attached to an aromatic ring is 1. The van der Waals surface area contributed by atoms with Gasteiger partial charge in [-0.2, -0.15) is 0 Å². The monoisotopic (exact) mass is 440 g/mol. The number of rotatable bonds is 3. The minimum absolute atomic E-state index is 0.0447. The van der Waals surface area contributed by atoms with Gasteiger partial charge in [-0.05, 0) is 24.1 Å². The molecule has 2 aromatic rings. The maximum atomic E-state index is 13.1. The van der Waals surface area contributed by atoms with E-state index in [1.54, 1.807) is 17.0 Å². The second-order valence-electron chi connectivity index (χ2n) is 7.44. The average molecular weight is 440 g/mol. The first-order chi connectivity index (χ1) is 15.4. The molecule has 0 saturated carbocycles. The molecule has 0 aliphatic carbocycles. The second-order valence-corrected chi connectivity index (χ2v) is 7.44. The van der Waals surface area contributed by atoms with Crippen molar-refractivity contribution in [3.63, 3.8) is 0 Å². The van der Waals surface area contributed by atoms with Crippen molar-refractivity contribution < 1.29 is 29.0 Å². The summed E-state index contributed by atoms with van der Waals surface area (Å²) in [7, 11) is 1.35. The van der Waals surface area contributed by atoms with Crippen LogP contribution < -0.4 is 5.73 Å². The first-order valence-electron chi connectivity index (χ1n) is 9.93. The predicted octanol–water partition coefficient (Wildman–Crippen LogP) is 0.952. The van der Waals surface area contributed by atoms with Crippen molar-refractivity contribution in [2.24, 2.45) is 5.92 Å². The van der Waals surface area contributed by atoms with Crippen LogP contribution in [0, 0.1) is 5.92 Å². The van der Waals surface area contributed by atoms with Gasteiger partial charge in [-0.3, -0.25) is 19.2 Å². The summed E-state index contributed by atoms with van der Waals surface area (Å²) in [6, 6.07) is 12.0. The van der Waals surface area contributed by atoms with Gasteiger partial charge in [0.1, 0.15) is 12.4 Å². The highest BCUT2D eigenvalue weighted by Crippen LogP contribution is 2.43. The summed E-state index contributed by atoms with van der Waals surface area (Å²) in [6.07, 6.45) is 1.86. The van der Waals surface area contributed by atoms with Gasteiger partial charge >= 0.3 is 5.97 Å². The second kappa shape index (κ2) is 9.90. The lowest BCUT2D eigenvalue weighted by molar-refractivity contribution is -0.147. The van der Waals surface area contributed by atoms with Crippen molar-refractivity contribution in [3.05, 3.63) is 59.8 Å². The van der Waals surface area contributed by atoms with Gasteiger partial charge in [-0.25, -0.2) is 4.98 Å². The summed E-state index contributed by atoms with van der Waals surface area (Å²) in [5.41, 5.74) is 6.85. The van der Waals surface area contributed by atoms with E-state index in [9.17, 15) is 14.4 Å². The van der Waals surface area contributed by atoms with Gasteiger partial charge in [0.05, 0.1) is 30.7 Å². The normalized spacial score (nSPS) is 21.8. The number of nitrogens with two attached hydrogens (primary N) is 1. The average Bonchev–Trinajstić information content (AvgIpc) is 3.20. The number of pyridine rings is 1. The van der Waals surface area contributed by atoms with Crippen LogP contribution in [0.25, 0.3) is 0 Å². The fraction of sp³-hybridized carbons (Fsp3) is 0.318. The number of hydrogen-bond acceptors (Lipinski definition) is 7. The van der Waals surface area contributed by atoms with Gasteiger partial charge in [0.2, 0.25) is 5.91 Å². The van der Waals surface area contributed by atoms with E-state index in [1.807, 2.05) is 30.3 Å². The summed E-state index contributed by atoms with van der Waals surface area (Å²) < 4.78 is 5.00.